The summed E-state index contributed by atoms with van der Waals surface area (Å²) in [5.74, 6) is 0. The van der Waals surface area contributed by atoms with E-state index >= 15 is 0 Å². The number of fused-ring (bicyclic) bond motifs is 6. The highest BCUT2D eigenvalue weighted by molar-refractivity contribution is 7.29. The first-order valence-corrected chi connectivity index (χ1v) is 21.5. The van der Waals surface area contributed by atoms with Gasteiger partial charge in [-0.1, -0.05) is 126 Å². The second-order valence-corrected chi connectivity index (χ2v) is 22.7. The molecule has 3 aliphatic rings. The normalized spacial score (nSPS) is 17.1. The van der Waals surface area contributed by atoms with Crippen LogP contribution in [0.15, 0.2) is 66.7 Å². The molecule has 0 fully saturated rings. The van der Waals surface area contributed by atoms with Crippen LogP contribution in [0.5, 0.6) is 0 Å². The summed E-state index contributed by atoms with van der Waals surface area (Å²) in [4.78, 5) is 6.93. The lowest BCUT2D eigenvalue weighted by Gasteiger charge is -2.46. The number of rotatable bonds is 2. The Morgan fingerprint density at radius 3 is 1.65 bits per heavy atom. The Morgan fingerprint density at radius 2 is 1.09 bits per heavy atom. The van der Waals surface area contributed by atoms with Crippen LogP contribution in [0.2, 0.25) is 0 Å². The molecule has 0 saturated carbocycles. The predicted octanol–water partition coefficient (Wildman–Crippen LogP) is 13.0. The Labute approximate surface area is 337 Å². The molecule has 1 aliphatic carbocycles. The highest BCUT2D eigenvalue weighted by Crippen LogP contribution is 2.57. The van der Waals surface area contributed by atoms with Crippen molar-refractivity contribution in [3.05, 3.63) is 111 Å². The second-order valence-electron chi connectivity index (χ2n) is 21.6. The first-order chi connectivity index (χ1) is 25.4. The SMILES string of the molecule is Cc1cc2c3c(c1)N(c1c(C)cc(C(C)(C)C)cc1C)c1c(sc4c1C(C)(C)CCC4(C)C)B3c1cc(C(C)(C)C)ccc1N2c1ccc(C(C)(C)C)cc1. The lowest BCUT2D eigenvalue weighted by molar-refractivity contribution is 0.339. The van der Waals surface area contributed by atoms with E-state index in [4.69, 9.17) is 0 Å². The maximum atomic E-state index is 2.76. The fourth-order valence-corrected chi connectivity index (χ4v) is 11.5. The number of aryl methyl sites for hydroxylation is 3. The molecule has 2 nitrogen and oxygen atoms in total. The van der Waals surface area contributed by atoms with Crippen molar-refractivity contribution >= 4 is 67.9 Å². The van der Waals surface area contributed by atoms with Crippen molar-refractivity contribution in [1.29, 1.82) is 0 Å². The van der Waals surface area contributed by atoms with E-state index in [0.717, 1.165) is 0 Å². The fourth-order valence-electron chi connectivity index (χ4n) is 9.75. The molecule has 1 aromatic heterocycles. The minimum atomic E-state index is 0.0236. The Hall–Kier alpha value is -3.76. The van der Waals surface area contributed by atoms with E-state index < -0.39 is 0 Å². The van der Waals surface area contributed by atoms with Gasteiger partial charge in [0.1, 0.15) is 0 Å². The standard InChI is InChI=1S/C51H63BN2S/c1-30-25-39-42-40(26-30)54(43-31(2)27-35(28-32(43)3)49(10,11)12)44-41-45(51(15,16)24-23-50(41,13)14)55-46(44)52(42)37-29-34(48(7,8)9)19-22-38(37)53(39)36-20-17-33(18-21-36)47(4,5)6/h17-22,25-29H,23-24H2,1-16H3. The van der Waals surface area contributed by atoms with Crippen LogP contribution in [0.1, 0.15) is 147 Å². The Morgan fingerprint density at radius 1 is 0.564 bits per heavy atom. The van der Waals surface area contributed by atoms with Gasteiger partial charge in [0.2, 0.25) is 0 Å². The quantitative estimate of drug-likeness (QED) is 0.163. The summed E-state index contributed by atoms with van der Waals surface area (Å²) in [6.07, 6.45) is 2.39. The smallest absolute Gasteiger partial charge is 0.264 e. The largest absolute Gasteiger partial charge is 0.311 e. The molecule has 8 rings (SSSR count). The molecule has 0 atom stereocenters. The molecule has 2 aliphatic heterocycles. The number of hydrogen-bond donors (Lipinski definition) is 0. The van der Waals surface area contributed by atoms with Crippen molar-refractivity contribution in [1.82, 2.24) is 0 Å². The third kappa shape index (κ3) is 5.95. The van der Waals surface area contributed by atoms with Gasteiger partial charge in [-0.15, -0.1) is 0 Å². The molecule has 0 amide bonds. The highest BCUT2D eigenvalue weighted by atomic mass is 32.1. The minimum Gasteiger partial charge on any atom is -0.311 e. The molecule has 0 radical (unpaired) electrons. The van der Waals surface area contributed by atoms with Gasteiger partial charge in [0.05, 0.1) is 11.4 Å². The van der Waals surface area contributed by atoms with Crippen molar-refractivity contribution in [2.45, 2.75) is 151 Å². The van der Waals surface area contributed by atoms with Crippen LogP contribution in [0, 0.1) is 20.8 Å². The maximum absolute atomic E-state index is 2.76. The van der Waals surface area contributed by atoms with Crippen LogP contribution in [-0.4, -0.2) is 6.71 Å². The van der Waals surface area contributed by atoms with Crippen LogP contribution >= 0.6 is 11.3 Å². The molecule has 286 valence electrons. The topological polar surface area (TPSA) is 6.48 Å². The predicted molar refractivity (Wildman–Crippen MR) is 244 cm³/mol. The van der Waals surface area contributed by atoms with Gasteiger partial charge in [0, 0.05) is 32.4 Å². The molecule has 5 aromatic rings. The van der Waals surface area contributed by atoms with Crippen molar-refractivity contribution < 1.29 is 0 Å². The molecule has 4 heteroatoms. The summed E-state index contributed by atoms with van der Waals surface area (Å²) < 4.78 is 1.51. The van der Waals surface area contributed by atoms with Crippen molar-refractivity contribution in [3.63, 3.8) is 0 Å². The van der Waals surface area contributed by atoms with Crippen molar-refractivity contribution in [2.24, 2.45) is 0 Å². The lowest BCUT2D eigenvalue weighted by Crippen LogP contribution is -2.61. The third-order valence-electron chi connectivity index (χ3n) is 13.1. The minimum absolute atomic E-state index is 0.0236. The zero-order valence-corrected chi connectivity index (χ0v) is 37.5. The van der Waals surface area contributed by atoms with Crippen LogP contribution in [0.25, 0.3) is 0 Å². The van der Waals surface area contributed by atoms with E-state index in [-0.39, 0.29) is 33.8 Å². The monoisotopic (exact) mass is 746 g/mol. The summed E-state index contributed by atoms with van der Waals surface area (Å²) in [7, 11) is 0. The summed E-state index contributed by atoms with van der Waals surface area (Å²) in [6, 6.07) is 26.7. The van der Waals surface area contributed by atoms with Crippen molar-refractivity contribution in [3.8, 4) is 0 Å². The summed E-state index contributed by atoms with van der Waals surface area (Å²) >= 11 is 2.13. The number of thiophene rings is 1. The average molecular weight is 747 g/mol. The molecule has 4 aromatic carbocycles. The Bertz CT molecular complexity index is 2340. The van der Waals surface area contributed by atoms with E-state index in [1.54, 1.807) is 10.4 Å². The second kappa shape index (κ2) is 12.1. The Balaban J connectivity index is 1.52. The van der Waals surface area contributed by atoms with Crippen LogP contribution in [0.4, 0.5) is 34.1 Å². The van der Waals surface area contributed by atoms with E-state index in [2.05, 4.69) is 199 Å². The van der Waals surface area contributed by atoms with E-state index in [9.17, 15) is 0 Å². The van der Waals surface area contributed by atoms with E-state index in [1.807, 2.05) is 0 Å². The van der Waals surface area contributed by atoms with Crippen LogP contribution < -0.4 is 25.5 Å². The molecule has 3 heterocycles. The lowest BCUT2D eigenvalue weighted by atomic mass is 9.35. The van der Waals surface area contributed by atoms with Crippen molar-refractivity contribution in [2.75, 3.05) is 9.80 Å². The molecule has 0 bridgehead atoms. The number of hydrogen-bond acceptors (Lipinski definition) is 3. The van der Waals surface area contributed by atoms with Gasteiger partial charge >= 0.3 is 0 Å². The van der Waals surface area contributed by atoms with Gasteiger partial charge in [0.25, 0.3) is 6.71 Å². The fraction of sp³-hybridized carbons (Fsp3) is 0.451. The number of benzene rings is 4. The molecule has 0 unspecified atom stereocenters. The van der Waals surface area contributed by atoms with E-state index in [1.165, 1.54) is 96.0 Å². The maximum Gasteiger partial charge on any atom is 0.264 e. The van der Waals surface area contributed by atoms with Gasteiger partial charge in [-0.3, -0.25) is 0 Å². The average Bonchev–Trinajstić information content (AvgIpc) is 3.49. The first-order valence-electron chi connectivity index (χ1n) is 20.7. The summed E-state index contributed by atoms with van der Waals surface area (Å²) in [5, 5.41) is 0. The molecular formula is C51H63BN2S. The molecule has 0 spiro atoms. The first kappa shape index (κ1) is 38.1. The third-order valence-corrected chi connectivity index (χ3v) is 14.7. The van der Waals surface area contributed by atoms with Gasteiger partial charge in [-0.05, 0) is 141 Å². The van der Waals surface area contributed by atoms with Gasteiger partial charge in [0.15, 0.2) is 0 Å². The van der Waals surface area contributed by atoms with E-state index in [0.29, 0.717) is 0 Å². The Kier molecular flexibility index (Phi) is 8.41. The zero-order valence-electron chi connectivity index (χ0n) is 36.6. The molecular weight excluding hydrogens is 683 g/mol. The highest BCUT2D eigenvalue weighted by Gasteiger charge is 2.51. The number of nitrogens with zero attached hydrogens (tertiary/aromatic N) is 2. The van der Waals surface area contributed by atoms with Gasteiger partial charge in [-0.2, -0.15) is 11.3 Å². The molecule has 0 saturated heterocycles. The number of anilines is 6. The van der Waals surface area contributed by atoms with Gasteiger partial charge in [-0.25, -0.2) is 0 Å². The van der Waals surface area contributed by atoms with Crippen LogP contribution in [-0.2, 0) is 27.1 Å². The summed E-state index contributed by atoms with van der Waals surface area (Å²) in [6.45, 7) is 38.2. The summed E-state index contributed by atoms with van der Waals surface area (Å²) in [5.41, 5.74) is 20.9. The zero-order chi connectivity index (χ0) is 39.9. The van der Waals surface area contributed by atoms with Gasteiger partial charge < -0.3 is 9.80 Å². The molecule has 0 N–H and O–H groups in total. The molecule has 55 heavy (non-hydrogen) atoms. The van der Waals surface area contributed by atoms with Crippen LogP contribution in [0.3, 0.4) is 0 Å².